The Bertz CT molecular complexity index is 412. The highest BCUT2D eigenvalue weighted by Gasteiger charge is 2.03. The lowest BCUT2D eigenvalue weighted by molar-refractivity contribution is 1.29. The van der Waals surface area contributed by atoms with Gasteiger partial charge >= 0.3 is 0 Å². The first-order valence-corrected chi connectivity index (χ1v) is 4.68. The number of aryl methyl sites for hydroxylation is 2. The van der Waals surface area contributed by atoms with E-state index in [0.29, 0.717) is 0 Å². The van der Waals surface area contributed by atoms with Gasteiger partial charge in [0.25, 0.3) is 0 Å². The van der Waals surface area contributed by atoms with Crippen LogP contribution in [0.25, 0.3) is 11.1 Å². The van der Waals surface area contributed by atoms with Crippen molar-refractivity contribution in [2.24, 2.45) is 0 Å². The molecule has 1 aromatic carbocycles. The Morgan fingerprint density at radius 1 is 1.07 bits per heavy atom. The first-order valence-electron chi connectivity index (χ1n) is 4.68. The molecule has 0 bridgehead atoms. The summed E-state index contributed by atoms with van der Waals surface area (Å²) in [5.74, 6) is 0. The molecule has 0 aliphatic heterocycles. The van der Waals surface area contributed by atoms with Crippen LogP contribution in [0.15, 0.2) is 36.5 Å². The van der Waals surface area contributed by atoms with Gasteiger partial charge in [0.15, 0.2) is 0 Å². The van der Waals surface area contributed by atoms with Gasteiger partial charge in [0.2, 0.25) is 0 Å². The Hall–Kier alpha value is -1.63. The van der Waals surface area contributed by atoms with Gasteiger partial charge in [-0.2, -0.15) is 0 Å². The Labute approximate surface area is 84.4 Å². The summed E-state index contributed by atoms with van der Waals surface area (Å²) in [6.07, 6.45) is 4.65. The van der Waals surface area contributed by atoms with Crippen LogP contribution < -0.4 is 0 Å². The molecule has 0 saturated heterocycles. The van der Waals surface area contributed by atoms with Gasteiger partial charge in [0.1, 0.15) is 0 Å². The molecule has 0 aliphatic carbocycles. The SMILES string of the molecule is Cc1cccc(C)c1-c1cc[c]nc1. The summed E-state index contributed by atoms with van der Waals surface area (Å²) >= 11 is 0. The van der Waals surface area contributed by atoms with E-state index < -0.39 is 0 Å². The van der Waals surface area contributed by atoms with E-state index in [1.165, 1.54) is 22.3 Å². The molecule has 1 heteroatoms. The third-order valence-corrected chi connectivity index (χ3v) is 2.39. The first kappa shape index (κ1) is 8.95. The lowest BCUT2D eigenvalue weighted by Crippen LogP contribution is -1.87. The van der Waals surface area contributed by atoms with Crippen molar-refractivity contribution in [3.05, 3.63) is 53.9 Å². The summed E-state index contributed by atoms with van der Waals surface area (Å²) in [6.45, 7) is 4.25. The molecule has 69 valence electrons. The van der Waals surface area contributed by atoms with E-state index in [9.17, 15) is 0 Å². The summed E-state index contributed by atoms with van der Waals surface area (Å²) in [5, 5.41) is 0. The fourth-order valence-electron chi connectivity index (χ4n) is 1.74. The number of rotatable bonds is 1. The molecule has 0 N–H and O–H groups in total. The zero-order valence-electron chi connectivity index (χ0n) is 8.41. The Balaban J connectivity index is 2.63. The molecule has 0 saturated carbocycles. The second-order valence-corrected chi connectivity index (χ2v) is 3.44. The molecule has 2 aromatic rings. The fraction of sp³-hybridized carbons (Fsp3) is 0.154. The highest BCUT2D eigenvalue weighted by molar-refractivity contribution is 5.69. The monoisotopic (exact) mass is 182 g/mol. The number of benzene rings is 1. The zero-order chi connectivity index (χ0) is 9.97. The van der Waals surface area contributed by atoms with E-state index in [-0.39, 0.29) is 0 Å². The molecule has 0 fully saturated rings. The van der Waals surface area contributed by atoms with Crippen LogP contribution in [-0.2, 0) is 0 Å². The highest BCUT2D eigenvalue weighted by atomic mass is 14.6. The van der Waals surface area contributed by atoms with Gasteiger partial charge in [0, 0.05) is 11.8 Å². The van der Waals surface area contributed by atoms with Gasteiger partial charge in [-0.25, -0.2) is 0 Å². The molecular formula is C13H12N. The summed E-state index contributed by atoms with van der Waals surface area (Å²) < 4.78 is 0. The normalized spacial score (nSPS) is 10.1. The van der Waals surface area contributed by atoms with Crippen LogP contribution in [0.2, 0.25) is 0 Å². The van der Waals surface area contributed by atoms with Crippen LogP contribution in [0.4, 0.5) is 0 Å². The van der Waals surface area contributed by atoms with Crippen LogP contribution >= 0.6 is 0 Å². The molecule has 0 atom stereocenters. The van der Waals surface area contributed by atoms with E-state index in [2.05, 4.69) is 43.2 Å². The lowest BCUT2D eigenvalue weighted by atomic mass is 9.97. The topological polar surface area (TPSA) is 12.9 Å². The van der Waals surface area contributed by atoms with E-state index in [0.717, 1.165) is 0 Å². The third-order valence-electron chi connectivity index (χ3n) is 2.39. The second-order valence-electron chi connectivity index (χ2n) is 3.44. The van der Waals surface area contributed by atoms with Crippen LogP contribution in [-0.4, -0.2) is 4.98 Å². The number of nitrogens with zero attached hydrogens (tertiary/aromatic N) is 1. The van der Waals surface area contributed by atoms with Gasteiger partial charge in [-0.15, -0.1) is 0 Å². The average Bonchev–Trinajstić information content (AvgIpc) is 2.19. The Kier molecular flexibility index (Phi) is 2.32. The molecule has 0 aliphatic rings. The van der Waals surface area contributed by atoms with E-state index in [1.54, 1.807) is 0 Å². The van der Waals surface area contributed by atoms with E-state index >= 15 is 0 Å². The highest BCUT2D eigenvalue weighted by Crippen LogP contribution is 2.25. The van der Waals surface area contributed by atoms with Crippen molar-refractivity contribution < 1.29 is 0 Å². The summed E-state index contributed by atoms with van der Waals surface area (Å²) in [6, 6.07) is 10.2. The predicted molar refractivity (Wildman–Crippen MR) is 58.0 cm³/mol. The van der Waals surface area contributed by atoms with Crippen molar-refractivity contribution in [1.29, 1.82) is 0 Å². The van der Waals surface area contributed by atoms with Crippen molar-refractivity contribution in [2.75, 3.05) is 0 Å². The van der Waals surface area contributed by atoms with Gasteiger partial charge < -0.3 is 0 Å². The van der Waals surface area contributed by atoms with Gasteiger partial charge in [-0.05, 0) is 36.6 Å². The lowest BCUT2D eigenvalue weighted by Gasteiger charge is -2.08. The second kappa shape index (κ2) is 3.62. The number of aromatic nitrogens is 1. The quantitative estimate of drug-likeness (QED) is 0.660. The number of hydrogen-bond acceptors (Lipinski definition) is 1. The average molecular weight is 182 g/mol. The molecule has 0 amide bonds. The van der Waals surface area contributed by atoms with Gasteiger partial charge in [0.05, 0.1) is 6.20 Å². The van der Waals surface area contributed by atoms with Crippen molar-refractivity contribution in [3.63, 3.8) is 0 Å². The molecule has 2 rings (SSSR count). The fourth-order valence-corrected chi connectivity index (χ4v) is 1.74. The summed E-state index contributed by atoms with van der Waals surface area (Å²) in [4.78, 5) is 4.02. The van der Waals surface area contributed by atoms with Crippen molar-refractivity contribution in [2.45, 2.75) is 13.8 Å². The summed E-state index contributed by atoms with van der Waals surface area (Å²) in [7, 11) is 0. The summed E-state index contributed by atoms with van der Waals surface area (Å²) in [5.41, 5.74) is 5.03. The maximum atomic E-state index is 4.02. The van der Waals surface area contributed by atoms with E-state index in [1.807, 2.05) is 18.3 Å². The van der Waals surface area contributed by atoms with Crippen LogP contribution in [0.5, 0.6) is 0 Å². The smallest absolute Gasteiger partial charge is 0.0886 e. The predicted octanol–water partition coefficient (Wildman–Crippen LogP) is 3.17. The van der Waals surface area contributed by atoms with Crippen LogP contribution in [0.1, 0.15) is 11.1 Å². The largest absolute Gasteiger partial charge is 0.254 e. The number of pyridine rings is 1. The molecule has 0 spiro atoms. The molecule has 1 aromatic heterocycles. The third kappa shape index (κ3) is 1.53. The van der Waals surface area contributed by atoms with Crippen molar-refractivity contribution in [3.8, 4) is 11.1 Å². The number of hydrogen-bond donors (Lipinski definition) is 0. The zero-order valence-corrected chi connectivity index (χ0v) is 8.41. The molecule has 1 nitrogen and oxygen atoms in total. The molecular weight excluding hydrogens is 170 g/mol. The minimum Gasteiger partial charge on any atom is -0.254 e. The van der Waals surface area contributed by atoms with Gasteiger partial charge in [-0.1, -0.05) is 24.3 Å². The van der Waals surface area contributed by atoms with Gasteiger partial charge in [-0.3, -0.25) is 4.98 Å². The molecule has 1 radical (unpaired) electrons. The maximum absolute atomic E-state index is 4.02. The van der Waals surface area contributed by atoms with Crippen molar-refractivity contribution in [1.82, 2.24) is 4.98 Å². The first-order chi connectivity index (χ1) is 6.79. The van der Waals surface area contributed by atoms with E-state index in [4.69, 9.17) is 0 Å². The maximum Gasteiger partial charge on any atom is 0.0886 e. The minimum absolute atomic E-state index is 1.17. The van der Waals surface area contributed by atoms with Crippen molar-refractivity contribution >= 4 is 0 Å². The minimum atomic E-state index is 1.17. The Morgan fingerprint density at radius 2 is 1.79 bits per heavy atom. The molecule has 0 unspecified atom stereocenters. The Morgan fingerprint density at radius 3 is 2.36 bits per heavy atom. The van der Waals surface area contributed by atoms with Crippen LogP contribution in [0.3, 0.4) is 0 Å². The van der Waals surface area contributed by atoms with Crippen LogP contribution in [0, 0.1) is 20.0 Å². The standard InChI is InChI=1S/C13H12N/c1-10-5-3-6-11(2)13(10)12-7-4-8-14-9-12/h3-7,9H,1-2H3. The molecule has 1 heterocycles. The molecule has 14 heavy (non-hydrogen) atoms.